The summed E-state index contributed by atoms with van der Waals surface area (Å²) in [6.07, 6.45) is 0. The van der Waals surface area contributed by atoms with Crippen LogP contribution >= 0.6 is 0 Å². The normalized spacial score (nSPS) is 12.8. The van der Waals surface area contributed by atoms with Crippen LogP contribution in [-0.2, 0) is 5.41 Å². The molecular weight excluding hydrogens is 825 g/mol. The third-order valence-electron chi connectivity index (χ3n) is 13.7. The van der Waals surface area contributed by atoms with Gasteiger partial charge in [0.15, 0.2) is 17.5 Å². The van der Waals surface area contributed by atoms with E-state index >= 15 is 0 Å². The fourth-order valence-corrected chi connectivity index (χ4v) is 10.6. The van der Waals surface area contributed by atoms with Crippen LogP contribution in [0.3, 0.4) is 0 Å². The van der Waals surface area contributed by atoms with Crippen molar-refractivity contribution in [3.05, 3.63) is 277 Å². The van der Waals surface area contributed by atoms with Crippen LogP contribution in [0.15, 0.2) is 255 Å². The standard InChI is InChI=1S/C64H42N4/c1-4-17-43(18-5-1)44-31-33-45(34-32-44)49-21-16-22-51(41-49)63-66-61(47-19-6-2-7-20-47)65-62(67-63)48-37-35-46(36-38-48)50-39-40-58-60(42-50)68(52-23-8-3-9-24-52)59-30-15-14-29-57(59)64(58)55-27-12-10-25-53(55)54-26-11-13-28-56(54)64/h1-42H. The van der Waals surface area contributed by atoms with E-state index in [1.165, 1.54) is 50.2 Å². The van der Waals surface area contributed by atoms with Crippen molar-refractivity contribution in [2.24, 2.45) is 0 Å². The number of rotatable bonds is 7. The average molecular weight is 867 g/mol. The molecule has 2 heterocycles. The number of fused-ring (bicyclic) bond motifs is 9. The molecule has 0 bridgehead atoms. The number of hydrogen-bond acceptors (Lipinski definition) is 4. The van der Waals surface area contributed by atoms with Gasteiger partial charge in [0.05, 0.1) is 16.8 Å². The largest absolute Gasteiger partial charge is 0.310 e. The first-order valence-electron chi connectivity index (χ1n) is 23.2. The lowest BCUT2D eigenvalue weighted by Gasteiger charge is -2.45. The molecule has 318 valence electrons. The lowest BCUT2D eigenvalue weighted by Crippen LogP contribution is -2.36. The lowest BCUT2D eigenvalue weighted by atomic mass is 9.64. The van der Waals surface area contributed by atoms with Gasteiger partial charge in [0.2, 0.25) is 0 Å². The number of benzene rings is 10. The molecule has 2 aliphatic rings. The smallest absolute Gasteiger partial charge is 0.164 e. The first-order valence-corrected chi connectivity index (χ1v) is 23.2. The molecule has 1 aromatic heterocycles. The van der Waals surface area contributed by atoms with Crippen molar-refractivity contribution in [3.63, 3.8) is 0 Å². The zero-order chi connectivity index (χ0) is 45.0. The van der Waals surface area contributed by atoms with Crippen LogP contribution < -0.4 is 4.90 Å². The predicted molar refractivity (Wildman–Crippen MR) is 278 cm³/mol. The van der Waals surface area contributed by atoms with Gasteiger partial charge < -0.3 is 4.90 Å². The molecule has 4 heteroatoms. The van der Waals surface area contributed by atoms with Gasteiger partial charge in [-0.1, -0.05) is 224 Å². The van der Waals surface area contributed by atoms with Crippen LogP contribution in [0.4, 0.5) is 17.1 Å². The highest BCUT2D eigenvalue weighted by atomic mass is 15.2. The molecule has 11 aromatic rings. The molecule has 4 nitrogen and oxygen atoms in total. The van der Waals surface area contributed by atoms with Crippen LogP contribution in [0, 0.1) is 0 Å². The average Bonchev–Trinajstić information content (AvgIpc) is 3.72. The molecule has 68 heavy (non-hydrogen) atoms. The van der Waals surface area contributed by atoms with E-state index in [4.69, 9.17) is 15.0 Å². The molecule has 13 rings (SSSR count). The van der Waals surface area contributed by atoms with E-state index in [2.05, 4.69) is 235 Å². The minimum Gasteiger partial charge on any atom is -0.310 e. The van der Waals surface area contributed by atoms with E-state index in [1.54, 1.807) is 0 Å². The third kappa shape index (κ3) is 6.41. The van der Waals surface area contributed by atoms with Crippen molar-refractivity contribution in [2.75, 3.05) is 4.90 Å². The van der Waals surface area contributed by atoms with Gasteiger partial charge in [0.1, 0.15) is 0 Å². The summed E-state index contributed by atoms with van der Waals surface area (Å²) in [6.45, 7) is 0. The zero-order valence-corrected chi connectivity index (χ0v) is 37.0. The Kier molecular flexibility index (Phi) is 9.36. The summed E-state index contributed by atoms with van der Waals surface area (Å²) in [4.78, 5) is 17.8. The van der Waals surface area contributed by atoms with Crippen LogP contribution in [0.2, 0.25) is 0 Å². The number of aromatic nitrogens is 3. The summed E-state index contributed by atoms with van der Waals surface area (Å²) in [5.74, 6) is 1.88. The minimum absolute atomic E-state index is 0.494. The Bertz CT molecular complexity index is 3620. The molecule has 0 saturated carbocycles. The van der Waals surface area contributed by atoms with Crippen molar-refractivity contribution < 1.29 is 0 Å². The summed E-state index contributed by atoms with van der Waals surface area (Å²) in [5, 5.41) is 0. The Morgan fingerprint density at radius 2 is 0.632 bits per heavy atom. The summed E-state index contributed by atoms with van der Waals surface area (Å²) in [7, 11) is 0. The first-order chi connectivity index (χ1) is 33.7. The fraction of sp³-hybridized carbons (Fsp3) is 0.0156. The number of anilines is 3. The van der Waals surface area contributed by atoms with Gasteiger partial charge in [-0.25, -0.2) is 15.0 Å². The number of para-hydroxylation sites is 2. The van der Waals surface area contributed by atoms with Gasteiger partial charge in [-0.05, 0) is 97.1 Å². The van der Waals surface area contributed by atoms with Crippen LogP contribution in [0.5, 0.6) is 0 Å². The summed E-state index contributed by atoms with van der Waals surface area (Å²) >= 11 is 0. The molecule has 0 radical (unpaired) electrons. The molecule has 0 fully saturated rings. The Morgan fingerprint density at radius 1 is 0.250 bits per heavy atom. The van der Waals surface area contributed by atoms with Gasteiger partial charge in [-0.2, -0.15) is 0 Å². The number of nitrogens with zero attached hydrogens (tertiary/aromatic N) is 4. The molecule has 0 unspecified atom stereocenters. The first kappa shape index (κ1) is 39.4. The van der Waals surface area contributed by atoms with Gasteiger partial charge in [-0.3, -0.25) is 0 Å². The molecule has 1 spiro atoms. The lowest BCUT2D eigenvalue weighted by molar-refractivity contribution is 0.753. The van der Waals surface area contributed by atoms with E-state index in [0.29, 0.717) is 17.5 Å². The predicted octanol–water partition coefficient (Wildman–Crippen LogP) is 16.0. The van der Waals surface area contributed by atoms with E-state index < -0.39 is 5.41 Å². The van der Waals surface area contributed by atoms with Crippen LogP contribution in [-0.4, -0.2) is 15.0 Å². The maximum absolute atomic E-state index is 5.16. The van der Waals surface area contributed by atoms with Crippen LogP contribution in [0.1, 0.15) is 22.3 Å². The van der Waals surface area contributed by atoms with Gasteiger partial charge in [0.25, 0.3) is 0 Å². The Morgan fingerprint density at radius 3 is 1.25 bits per heavy atom. The quantitative estimate of drug-likeness (QED) is 0.160. The Hall–Kier alpha value is -8.99. The topological polar surface area (TPSA) is 41.9 Å². The van der Waals surface area contributed by atoms with E-state index in [9.17, 15) is 0 Å². The molecule has 0 N–H and O–H groups in total. The second kappa shape index (κ2) is 16.2. The third-order valence-corrected chi connectivity index (χ3v) is 13.7. The summed E-state index contributed by atoms with van der Waals surface area (Å²) in [6, 6.07) is 91.3. The van der Waals surface area contributed by atoms with Crippen molar-refractivity contribution >= 4 is 17.1 Å². The molecule has 1 aliphatic carbocycles. The number of hydrogen-bond donors (Lipinski definition) is 0. The molecule has 0 amide bonds. The highest BCUT2D eigenvalue weighted by Gasteiger charge is 2.51. The monoisotopic (exact) mass is 866 g/mol. The maximum atomic E-state index is 5.16. The Balaban J connectivity index is 0.909. The van der Waals surface area contributed by atoms with E-state index in [1.807, 2.05) is 24.3 Å². The van der Waals surface area contributed by atoms with E-state index in [0.717, 1.165) is 50.3 Å². The molecule has 0 atom stereocenters. The summed E-state index contributed by atoms with van der Waals surface area (Å²) in [5.41, 5.74) is 20.3. The second-order valence-corrected chi connectivity index (χ2v) is 17.5. The maximum Gasteiger partial charge on any atom is 0.164 e. The SMILES string of the molecule is c1ccc(-c2ccc(-c3cccc(-c4nc(-c5ccccc5)nc(-c5ccc(-c6ccc7c(c6)N(c6ccccc6)c6ccccc6C76c7ccccc7-c7ccccc76)cc5)n4)c3)cc2)cc1. The molecule has 10 aromatic carbocycles. The Labute approximate surface area is 396 Å². The fourth-order valence-electron chi connectivity index (χ4n) is 10.6. The van der Waals surface area contributed by atoms with Crippen molar-refractivity contribution in [2.45, 2.75) is 5.41 Å². The molecular formula is C64H42N4. The van der Waals surface area contributed by atoms with Gasteiger partial charge in [0, 0.05) is 22.4 Å². The minimum atomic E-state index is -0.494. The highest BCUT2D eigenvalue weighted by molar-refractivity contribution is 5.97. The molecule has 0 saturated heterocycles. The van der Waals surface area contributed by atoms with Crippen molar-refractivity contribution in [3.8, 4) is 78.7 Å². The van der Waals surface area contributed by atoms with Gasteiger partial charge >= 0.3 is 0 Å². The highest BCUT2D eigenvalue weighted by Crippen LogP contribution is 2.63. The van der Waals surface area contributed by atoms with Crippen molar-refractivity contribution in [1.29, 1.82) is 0 Å². The van der Waals surface area contributed by atoms with E-state index in [-0.39, 0.29) is 0 Å². The van der Waals surface area contributed by atoms with Crippen molar-refractivity contribution in [1.82, 2.24) is 15.0 Å². The second-order valence-electron chi connectivity index (χ2n) is 17.5. The summed E-state index contributed by atoms with van der Waals surface area (Å²) < 4.78 is 0. The molecule has 1 aliphatic heterocycles. The van der Waals surface area contributed by atoms with Crippen LogP contribution in [0.25, 0.3) is 78.7 Å². The van der Waals surface area contributed by atoms with Gasteiger partial charge in [-0.15, -0.1) is 0 Å². The zero-order valence-electron chi connectivity index (χ0n) is 37.0.